The molecule has 0 atom stereocenters. The van der Waals surface area contributed by atoms with Crippen LogP contribution in [0.3, 0.4) is 0 Å². The topological polar surface area (TPSA) is 46.6 Å². The number of ether oxygens (including phenoxy) is 1. The van der Waals surface area contributed by atoms with Crippen molar-refractivity contribution < 1.29 is 14.3 Å². The van der Waals surface area contributed by atoms with Crippen molar-refractivity contribution in [2.75, 3.05) is 4.90 Å². The van der Waals surface area contributed by atoms with E-state index in [2.05, 4.69) is 38.1 Å². The van der Waals surface area contributed by atoms with Crippen LogP contribution in [-0.4, -0.2) is 11.8 Å². The Morgan fingerprint density at radius 3 is 1.97 bits per heavy atom. The van der Waals surface area contributed by atoms with Crippen molar-refractivity contribution in [2.24, 2.45) is 0 Å². The van der Waals surface area contributed by atoms with E-state index < -0.39 is 0 Å². The zero-order chi connectivity index (χ0) is 20.4. The Bertz CT molecular complexity index is 1060. The van der Waals surface area contributed by atoms with Gasteiger partial charge in [-0.15, -0.1) is 0 Å². The summed E-state index contributed by atoms with van der Waals surface area (Å²) in [6.07, 6.45) is 2.53. The highest BCUT2D eigenvalue weighted by Gasteiger charge is 2.25. The monoisotopic (exact) mass is 383 g/mol. The molecule has 0 N–H and O–H groups in total. The molecule has 3 aromatic carbocycles. The molecule has 144 valence electrons. The van der Waals surface area contributed by atoms with Crippen LogP contribution in [0.2, 0.25) is 0 Å². The minimum Gasteiger partial charge on any atom is -0.457 e. The van der Waals surface area contributed by atoms with E-state index in [0.29, 0.717) is 17.2 Å². The summed E-state index contributed by atoms with van der Waals surface area (Å²) >= 11 is 0. The van der Waals surface area contributed by atoms with Crippen molar-refractivity contribution >= 4 is 17.5 Å². The molecule has 29 heavy (non-hydrogen) atoms. The van der Waals surface area contributed by atoms with Gasteiger partial charge in [-0.1, -0.05) is 62.4 Å². The van der Waals surface area contributed by atoms with E-state index in [1.165, 1.54) is 23.3 Å². The van der Waals surface area contributed by atoms with Crippen LogP contribution in [0.1, 0.15) is 25.0 Å². The highest BCUT2D eigenvalue weighted by Crippen LogP contribution is 2.33. The Labute approximate surface area is 170 Å². The predicted octanol–water partition coefficient (Wildman–Crippen LogP) is 5.23. The number of rotatable bonds is 5. The van der Waals surface area contributed by atoms with Gasteiger partial charge in [-0.3, -0.25) is 9.59 Å². The van der Waals surface area contributed by atoms with Crippen molar-refractivity contribution in [1.29, 1.82) is 0 Å². The van der Waals surface area contributed by atoms with Crippen LogP contribution >= 0.6 is 0 Å². The van der Waals surface area contributed by atoms with E-state index in [1.54, 1.807) is 24.3 Å². The van der Waals surface area contributed by atoms with Gasteiger partial charge in [-0.25, -0.2) is 4.90 Å². The summed E-state index contributed by atoms with van der Waals surface area (Å²) in [5.74, 6) is 0.552. The summed E-state index contributed by atoms with van der Waals surface area (Å²) in [6.45, 7) is 4.39. The number of benzene rings is 3. The summed E-state index contributed by atoms with van der Waals surface area (Å²) in [5.41, 5.74) is 2.80. The van der Waals surface area contributed by atoms with Crippen molar-refractivity contribution in [1.82, 2.24) is 0 Å². The van der Waals surface area contributed by atoms with Gasteiger partial charge in [0.15, 0.2) is 0 Å². The van der Waals surface area contributed by atoms with Crippen LogP contribution in [0.15, 0.2) is 91.0 Å². The summed E-state index contributed by atoms with van der Waals surface area (Å²) in [7, 11) is 0. The molecule has 3 aromatic rings. The smallest absolute Gasteiger partial charge is 0.258 e. The Morgan fingerprint density at radius 2 is 1.31 bits per heavy atom. The molecule has 0 aromatic heterocycles. The Morgan fingerprint density at radius 1 is 0.690 bits per heavy atom. The number of hydrogen-bond donors (Lipinski definition) is 0. The summed E-state index contributed by atoms with van der Waals surface area (Å²) in [4.78, 5) is 24.9. The standard InChI is InChI=1S/C25H21NO3/c1-25(2,18-7-4-3-5-8-18)19-11-13-21(14-12-19)29-22-10-6-9-20(17-22)26-23(27)15-16-24(26)28/h3-17H,1-2H3. The van der Waals surface area contributed by atoms with Gasteiger partial charge in [0.05, 0.1) is 5.69 Å². The molecule has 4 heteroatoms. The summed E-state index contributed by atoms with van der Waals surface area (Å²) < 4.78 is 5.95. The van der Waals surface area contributed by atoms with Crippen molar-refractivity contribution in [3.05, 3.63) is 102 Å². The number of anilines is 1. The average molecular weight is 383 g/mol. The lowest BCUT2D eigenvalue weighted by Crippen LogP contribution is -2.29. The minimum atomic E-state index is -0.348. The first-order chi connectivity index (χ1) is 13.9. The zero-order valence-electron chi connectivity index (χ0n) is 16.3. The third kappa shape index (κ3) is 3.69. The second-order valence-electron chi connectivity index (χ2n) is 7.46. The van der Waals surface area contributed by atoms with Gasteiger partial charge in [0.1, 0.15) is 11.5 Å². The molecule has 0 saturated carbocycles. The molecule has 0 fully saturated rings. The lowest BCUT2D eigenvalue weighted by Gasteiger charge is -2.26. The normalized spacial score (nSPS) is 13.8. The van der Waals surface area contributed by atoms with E-state index >= 15 is 0 Å². The first kappa shape index (κ1) is 18.7. The second kappa shape index (κ2) is 7.40. The maximum atomic E-state index is 11.9. The molecule has 1 aliphatic rings. The Kier molecular flexibility index (Phi) is 4.77. The van der Waals surface area contributed by atoms with Crippen molar-refractivity contribution in [2.45, 2.75) is 19.3 Å². The summed E-state index contributed by atoms with van der Waals surface area (Å²) in [5, 5.41) is 0. The molecule has 2 amide bonds. The molecule has 4 nitrogen and oxygen atoms in total. The van der Waals surface area contributed by atoms with E-state index in [-0.39, 0.29) is 17.2 Å². The third-order valence-corrected chi connectivity index (χ3v) is 5.19. The average Bonchev–Trinajstić information content (AvgIpc) is 3.07. The first-order valence-electron chi connectivity index (χ1n) is 9.45. The second-order valence-corrected chi connectivity index (χ2v) is 7.46. The number of imide groups is 1. The number of hydrogen-bond acceptors (Lipinski definition) is 3. The lowest BCUT2D eigenvalue weighted by molar-refractivity contribution is -0.119. The van der Waals surface area contributed by atoms with Crippen LogP contribution in [0, 0.1) is 0 Å². The summed E-state index contributed by atoms with van der Waals surface area (Å²) in [6, 6.07) is 25.3. The molecule has 0 radical (unpaired) electrons. The number of carbonyl (C=O) groups excluding carboxylic acids is 2. The molecule has 0 spiro atoms. The molecule has 1 aliphatic heterocycles. The molecule has 1 heterocycles. The molecule has 0 saturated heterocycles. The Balaban J connectivity index is 1.53. The van der Waals surface area contributed by atoms with Gasteiger partial charge in [0.2, 0.25) is 0 Å². The van der Waals surface area contributed by atoms with Crippen LogP contribution in [0.5, 0.6) is 11.5 Å². The van der Waals surface area contributed by atoms with Crippen LogP contribution in [-0.2, 0) is 15.0 Å². The fraction of sp³-hybridized carbons (Fsp3) is 0.120. The van der Waals surface area contributed by atoms with Crippen molar-refractivity contribution in [3.8, 4) is 11.5 Å². The molecule has 0 unspecified atom stereocenters. The van der Waals surface area contributed by atoms with E-state index in [4.69, 9.17) is 4.74 Å². The third-order valence-electron chi connectivity index (χ3n) is 5.19. The fourth-order valence-corrected chi connectivity index (χ4v) is 3.44. The van der Waals surface area contributed by atoms with Gasteiger partial charge in [-0.05, 0) is 35.4 Å². The maximum Gasteiger partial charge on any atom is 0.258 e. The van der Waals surface area contributed by atoms with Gasteiger partial charge >= 0.3 is 0 Å². The molecular weight excluding hydrogens is 362 g/mol. The Hall–Kier alpha value is -3.66. The van der Waals surface area contributed by atoms with Gasteiger partial charge < -0.3 is 4.74 Å². The van der Waals surface area contributed by atoms with Gasteiger partial charge in [0, 0.05) is 23.6 Å². The highest BCUT2D eigenvalue weighted by molar-refractivity contribution is 6.28. The van der Waals surface area contributed by atoms with E-state index in [0.717, 1.165) is 4.90 Å². The van der Waals surface area contributed by atoms with Crippen LogP contribution in [0.25, 0.3) is 0 Å². The minimum absolute atomic E-state index is 0.122. The van der Waals surface area contributed by atoms with E-state index in [1.807, 2.05) is 30.3 Å². The van der Waals surface area contributed by atoms with Gasteiger partial charge in [-0.2, -0.15) is 0 Å². The van der Waals surface area contributed by atoms with E-state index in [9.17, 15) is 9.59 Å². The zero-order valence-corrected chi connectivity index (χ0v) is 16.3. The molecule has 0 bridgehead atoms. The maximum absolute atomic E-state index is 11.9. The lowest BCUT2D eigenvalue weighted by atomic mass is 9.78. The molecule has 4 rings (SSSR count). The number of nitrogens with zero attached hydrogens (tertiary/aromatic N) is 1. The highest BCUT2D eigenvalue weighted by atomic mass is 16.5. The van der Waals surface area contributed by atoms with Crippen LogP contribution in [0.4, 0.5) is 5.69 Å². The quantitative estimate of drug-likeness (QED) is 0.567. The number of carbonyl (C=O) groups is 2. The fourth-order valence-electron chi connectivity index (χ4n) is 3.44. The predicted molar refractivity (Wildman–Crippen MR) is 113 cm³/mol. The molecule has 0 aliphatic carbocycles. The van der Waals surface area contributed by atoms with Gasteiger partial charge in [0.25, 0.3) is 11.8 Å². The van der Waals surface area contributed by atoms with Crippen molar-refractivity contribution in [3.63, 3.8) is 0 Å². The number of amides is 2. The first-order valence-corrected chi connectivity index (χ1v) is 9.45. The molecular formula is C25H21NO3. The SMILES string of the molecule is CC(C)(c1ccccc1)c1ccc(Oc2cccc(N3C(=O)C=CC3=O)c2)cc1. The largest absolute Gasteiger partial charge is 0.457 e. The van der Waals surface area contributed by atoms with Crippen LogP contribution < -0.4 is 9.64 Å².